The molecule has 0 radical (unpaired) electrons. The Morgan fingerprint density at radius 3 is 2.85 bits per heavy atom. The van der Waals surface area contributed by atoms with E-state index in [4.69, 9.17) is 4.52 Å². The lowest BCUT2D eigenvalue weighted by atomic mass is 9.96. The highest BCUT2D eigenvalue weighted by atomic mass is 16.5. The lowest BCUT2D eigenvalue weighted by molar-refractivity contribution is -0.127. The number of benzene rings is 1. The number of nitrogens with zero attached hydrogens (tertiary/aromatic N) is 3. The molecule has 6 heteroatoms. The summed E-state index contributed by atoms with van der Waals surface area (Å²) in [6.45, 7) is 8.56. The molecule has 2 aromatic rings. The summed E-state index contributed by atoms with van der Waals surface area (Å²) in [5.41, 5.74) is 2.12. The van der Waals surface area contributed by atoms with Crippen LogP contribution in [0.3, 0.4) is 0 Å². The van der Waals surface area contributed by atoms with E-state index < -0.39 is 0 Å². The summed E-state index contributed by atoms with van der Waals surface area (Å²) in [5.74, 6) is 1.45. The summed E-state index contributed by atoms with van der Waals surface area (Å²) in [5, 5.41) is 7.32. The van der Waals surface area contributed by atoms with Crippen molar-refractivity contribution >= 4 is 5.91 Å². The maximum Gasteiger partial charge on any atom is 0.241 e. The average Bonchev–Trinajstić information content (AvgIpc) is 3.14. The second kappa shape index (κ2) is 9.13. The van der Waals surface area contributed by atoms with Crippen molar-refractivity contribution in [3.63, 3.8) is 0 Å². The van der Waals surface area contributed by atoms with Gasteiger partial charge >= 0.3 is 0 Å². The number of carbonyl (C=O) groups excluding carboxylic acids is 1. The first-order chi connectivity index (χ1) is 13.1. The number of piperidine rings is 1. The highest BCUT2D eigenvalue weighted by Crippen LogP contribution is 2.22. The molecule has 3 rings (SSSR count). The van der Waals surface area contributed by atoms with Gasteiger partial charge in [0, 0.05) is 18.2 Å². The molecule has 0 aliphatic carbocycles. The van der Waals surface area contributed by atoms with E-state index in [2.05, 4.69) is 34.2 Å². The summed E-state index contributed by atoms with van der Waals surface area (Å²) in [6.07, 6.45) is 3.91. The second-order valence-corrected chi connectivity index (χ2v) is 7.42. The highest BCUT2D eigenvalue weighted by Gasteiger charge is 2.27. The molecule has 0 bridgehead atoms. The first-order valence-electron chi connectivity index (χ1n) is 10.0. The molecule has 1 amide bonds. The maximum atomic E-state index is 12.6. The number of aryl methyl sites for hydroxylation is 1. The van der Waals surface area contributed by atoms with Crippen LogP contribution in [0.15, 0.2) is 28.8 Å². The lowest BCUT2D eigenvalue weighted by Gasteiger charge is -2.31. The van der Waals surface area contributed by atoms with E-state index >= 15 is 0 Å². The van der Waals surface area contributed by atoms with Crippen LogP contribution in [0, 0.1) is 12.8 Å². The van der Waals surface area contributed by atoms with Gasteiger partial charge in [-0.3, -0.25) is 9.69 Å². The minimum absolute atomic E-state index is 0.0399. The fourth-order valence-corrected chi connectivity index (χ4v) is 3.67. The van der Waals surface area contributed by atoms with Crippen molar-refractivity contribution in [1.82, 2.24) is 20.4 Å². The number of rotatable bonds is 7. The summed E-state index contributed by atoms with van der Waals surface area (Å²) >= 11 is 0. The monoisotopic (exact) mass is 370 g/mol. The van der Waals surface area contributed by atoms with Crippen LogP contribution in [0.25, 0.3) is 11.4 Å². The molecule has 0 saturated carbocycles. The number of nitrogens with one attached hydrogen (secondary N) is 1. The molecule has 6 nitrogen and oxygen atoms in total. The van der Waals surface area contributed by atoms with Crippen molar-refractivity contribution in [2.75, 3.05) is 13.1 Å². The fourth-order valence-electron chi connectivity index (χ4n) is 3.67. The van der Waals surface area contributed by atoms with E-state index in [0.717, 1.165) is 49.9 Å². The van der Waals surface area contributed by atoms with Crippen molar-refractivity contribution in [2.45, 2.75) is 59.0 Å². The third-order valence-corrected chi connectivity index (χ3v) is 5.42. The smallest absolute Gasteiger partial charge is 0.241 e. The van der Waals surface area contributed by atoms with Gasteiger partial charge in [0.1, 0.15) is 0 Å². The zero-order valence-electron chi connectivity index (χ0n) is 16.6. The van der Waals surface area contributed by atoms with Gasteiger partial charge in [0.15, 0.2) is 0 Å². The average molecular weight is 370 g/mol. The standard InChI is InChI=1S/C21H30N4O2/c1-4-17(5-2)22-21(26)16-10-8-12-25(13-16)14-19-23-20(24-27-19)18-11-7-6-9-15(18)3/h6-7,9,11,16-17H,4-5,8,10,12-14H2,1-3H3,(H,22,26). The normalized spacial score (nSPS) is 18.0. The predicted molar refractivity (Wildman–Crippen MR) is 105 cm³/mol. The molecule has 0 spiro atoms. The molecule has 1 aromatic heterocycles. The second-order valence-electron chi connectivity index (χ2n) is 7.42. The molecule has 1 saturated heterocycles. The largest absolute Gasteiger partial charge is 0.353 e. The van der Waals surface area contributed by atoms with Crippen molar-refractivity contribution in [2.24, 2.45) is 5.92 Å². The van der Waals surface area contributed by atoms with Gasteiger partial charge in [-0.1, -0.05) is 43.3 Å². The third-order valence-electron chi connectivity index (χ3n) is 5.42. The van der Waals surface area contributed by atoms with Crippen LogP contribution < -0.4 is 5.32 Å². The molecule has 2 heterocycles. The van der Waals surface area contributed by atoms with Crippen LogP contribution in [-0.4, -0.2) is 40.1 Å². The molecule has 1 N–H and O–H groups in total. The number of carbonyl (C=O) groups is 1. The van der Waals surface area contributed by atoms with Gasteiger partial charge < -0.3 is 9.84 Å². The van der Waals surface area contributed by atoms with Gasteiger partial charge in [0.05, 0.1) is 12.5 Å². The van der Waals surface area contributed by atoms with E-state index in [0.29, 0.717) is 18.3 Å². The highest BCUT2D eigenvalue weighted by molar-refractivity contribution is 5.79. The third kappa shape index (κ3) is 4.95. The summed E-state index contributed by atoms with van der Waals surface area (Å²) in [7, 11) is 0. The van der Waals surface area contributed by atoms with Crippen LogP contribution in [0.4, 0.5) is 0 Å². The van der Waals surface area contributed by atoms with Gasteiger partial charge in [-0.2, -0.15) is 4.98 Å². The lowest BCUT2D eigenvalue weighted by Crippen LogP contribution is -2.45. The molecule has 1 aromatic carbocycles. The summed E-state index contributed by atoms with van der Waals surface area (Å²) in [4.78, 5) is 19.4. The van der Waals surface area contributed by atoms with E-state index in [-0.39, 0.29) is 17.9 Å². The van der Waals surface area contributed by atoms with Crippen molar-refractivity contribution < 1.29 is 9.32 Å². The molecule has 1 aliphatic heterocycles. The Labute approximate surface area is 161 Å². The maximum absolute atomic E-state index is 12.6. The minimum atomic E-state index is 0.0399. The molecular weight excluding hydrogens is 340 g/mol. The Kier molecular flexibility index (Phi) is 6.61. The Hall–Kier alpha value is -2.21. The van der Waals surface area contributed by atoms with Crippen LogP contribution in [0.2, 0.25) is 0 Å². The van der Waals surface area contributed by atoms with Gasteiger partial charge in [-0.15, -0.1) is 0 Å². The van der Waals surface area contributed by atoms with E-state index in [1.54, 1.807) is 0 Å². The number of aromatic nitrogens is 2. The van der Waals surface area contributed by atoms with E-state index in [9.17, 15) is 4.79 Å². The minimum Gasteiger partial charge on any atom is -0.353 e. The van der Waals surface area contributed by atoms with Crippen LogP contribution in [-0.2, 0) is 11.3 Å². The number of amides is 1. The molecular formula is C21H30N4O2. The number of hydrogen-bond donors (Lipinski definition) is 1. The van der Waals surface area contributed by atoms with Crippen molar-refractivity contribution in [3.05, 3.63) is 35.7 Å². The Morgan fingerprint density at radius 1 is 1.33 bits per heavy atom. The van der Waals surface area contributed by atoms with Gasteiger partial charge in [0.25, 0.3) is 0 Å². The van der Waals surface area contributed by atoms with Crippen molar-refractivity contribution in [3.8, 4) is 11.4 Å². The first kappa shape index (κ1) is 19.5. The van der Waals surface area contributed by atoms with E-state index in [1.165, 1.54) is 0 Å². The molecule has 1 aliphatic rings. The molecule has 146 valence electrons. The Bertz CT molecular complexity index is 754. The molecule has 1 fully saturated rings. The molecule has 1 atom stereocenters. The van der Waals surface area contributed by atoms with Crippen LogP contribution in [0.5, 0.6) is 0 Å². The summed E-state index contributed by atoms with van der Waals surface area (Å²) < 4.78 is 5.47. The molecule has 1 unspecified atom stereocenters. The number of hydrogen-bond acceptors (Lipinski definition) is 5. The van der Waals surface area contributed by atoms with Crippen molar-refractivity contribution in [1.29, 1.82) is 0 Å². The Morgan fingerprint density at radius 2 is 2.11 bits per heavy atom. The van der Waals surface area contributed by atoms with Gasteiger partial charge in [-0.05, 0) is 44.7 Å². The Balaban J connectivity index is 1.60. The first-order valence-corrected chi connectivity index (χ1v) is 10.0. The van der Waals surface area contributed by atoms with Gasteiger partial charge in [-0.25, -0.2) is 0 Å². The fraction of sp³-hybridized carbons (Fsp3) is 0.571. The zero-order chi connectivity index (χ0) is 19.2. The predicted octanol–water partition coefficient (Wildman–Crippen LogP) is 3.56. The molecule has 27 heavy (non-hydrogen) atoms. The number of likely N-dealkylation sites (tertiary alicyclic amines) is 1. The van der Waals surface area contributed by atoms with E-state index in [1.807, 2.05) is 31.2 Å². The SMILES string of the molecule is CCC(CC)NC(=O)C1CCCN(Cc2nc(-c3ccccc3C)no2)C1. The quantitative estimate of drug-likeness (QED) is 0.807. The van der Waals surface area contributed by atoms with Crippen LogP contribution in [0.1, 0.15) is 51.0 Å². The van der Waals surface area contributed by atoms with Gasteiger partial charge in [0.2, 0.25) is 17.6 Å². The topological polar surface area (TPSA) is 71.3 Å². The summed E-state index contributed by atoms with van der Waals surface area (Å²) in [6, 6.07) is 8.30. The van der Waals surface area contributed by atoms with Crippen LogP contribution >= 0.6 is 0 Å². The zero-order valence-corrected chi connectivity index (χ0v) is 16.6.